The molecule has 0 saturated heterocycles. The molecule has 0 fully saturated rings. The normalized spacial score (nSPS) is 11.4. The van der Waals surface area contributed by atoms with Crippen LogP contribution >= 0.6 is 0 Å². The number of imidazole rings is 3. The van der Waals surface area contributed by atoms with Crippen LogP contribution in [0.15, 0.2) is 163 Å². The molecule has 0 aliphatic carbocycles. The second kappa shape index (κ2) is 33.8. The van der Waals surface area contributed by atoms with E-state index < -0.39 is 12.2 Å². The van der Waals surface area contributed by atoms with Gasteiger partial charge in [0.15, 0.2) is 0 Å². The number of aromatic amines is 3. The molecule has 0 aliphatic rings. The number of urea groups is 1. The van der Waals surface area contributed by atoms with Gasteiger partial charge in [-0.1, -0.05) is 18.2 Å². The number of anilines is 3. The Labute approximate surface area is 577 Å². The molecule has 9 heterocycles. The van der Waals surface area contributed by atoms with E-state index in [0.29, 0.717) is 66.0 Å². The zero-order valence-corrected chi connectivity index (χ0v) is 57.3. The van der Waals surface area contributed by atoms with Gasteiger partial charge < -0.3 is 58.3 Å². The molecule has 7 N–H and O–H groups in total. The molecule has 12 aromatic rings. The molecule has 0 saturated carbocycles. The number of hydrogen-bond acceptors (Lipinski definition) is 19. The lowest BCUT2D eigenvalue weighted by Crippen LogP contribution is -2.28. The number of amides is 4. The van der Waals surface area contributed by atoms with Crippen LogP contribution in [0.4, 0.5) is 32.2 Å². The lowest BCUT2D eigenvalue weighted by Gasteiger charge is -2.18. The van der Waals surface area contributed by atoms with E-state index in [1.165, 1.54) is 0 Å². The van der Waals surface area contributed by atoms with E-state index in [0.717, 1.165) is 103 Å². The highest BCUT2D eigenvalue weighted by Crippen LogP contribution is 2.37. The van der Waals surface area contributed by atoms with Gasteiger partial charge in [-0.25, -0.2) is 29.3 Å². The van der Waals surface area contributed by atoms with Crippen molar-refractivity contribution in [3.63, 3.8) is 0 Å². The van der Waals surface area contributed by atoms with E-state index in [4.69, 9.17) is 23.7 Å². The van der Waals surface area contributed by atoms with Gasteiger partial charge in [0.25, 0.3) is 5.56 Å². The molecule has 1 atom stereocenters. The maximum absolute atomic E-state index is 13.0. The Morgan fingerprint density at radius 1 is 0.530 bits per heavy atom. The summed E-state index contributed by atoms with van der Waals surface area (Å²) in [6.45, 7) is 13.4. The minimum Gasteiger partial charge on any atom is -0.492 e. The van der Waals surface area contributed by atoms with Crippen molar-refractivity contribution in [1.82, 2.24) is 74.5 Å². The Bertz CT molecular complexity index is 4620. The lowest BCUT2D eigenvalue weighted by molar-refractivity contribution is 0.160. The van der Waals surface area contributed by atoms with Crippen molar-refractivity contribution in [3.05, 3.63) is 175 Å². The fourth-order valence-electron chi connectivity index (χ4n) is 10.8. The number of H-pyrrole nitrogens is 3. The number of carbonyl (C=O) groups excluding carboxylic acids is 3. The first-order chi connectivity index (χ1) is 48.5. The first-order valence-electron chi connectivity index (χ1n) is 32.4. The minimum absolute atomic E-state index is 0.0813. The number of aromatic nitrogens is 12. The Hall–Kier alpha value is -11.9. The number of rotatable bonds is 23. The predicted molar refractivity (Wildman–Crippen MR) is 388 cm³/mol. The standard InChI is InChI=1S/C25H27N5O4.C24H27N7O2.C24H26N6O3/c1-5-34-25(32)29-24-27-21-12-18(11-19(23(21)28-24)20-8-6-7-9-26-20)17-10-15(2)30(22(31)13-17)16(3)14-33-4;1-4-26-24(32)30-23-28-21-13-17(16-6-5-8-25-15-16)12-19(22(21)29-23)20-14-18(7-9-27-20)33-11-10-31(2)3;1-4-32-24(31)29-23-27-21-13-17(16-6-5-8-25-15-16)12-19(22(21)28-23)20-14-18(7-9-26-20)33-11-10-30(2)3/h6-13,16H,5,14H2,1-4H3,(H2,27,28,29,32);5-9,12-15H,4,10-11H2,1-3H3,(H3,26,28,29,30,32);5-9,12-15H,4,10-11H2,1-3H3,(H2,27,28,29,31)/t16-;;/m0../s1. The van der Waals surface area contributed by atoms with Crippen LogP contribution in [-0.2, 0) is 14.2 Å². The summed E-state index contributed by atoms with van der Waals surface area (Å²) in [5, 5.41) is 10.7. The Kier molecular flexibility index (Phi) is 24.0. The number of nitrogens with zero attached hydrogens (tertiary/aromatic N) is 11. The number of likely N-dealkylation sites (N-methyl/N-ethyl adjacent to an activating group) is 2. The van der Waals surface area contributed by atoms with E-state index in [2.05, 4.69) is 85.9 Å². The average molecular weight is 1350 g/mol. The molecule has 0 unspecified atom stereocenters. The fraction of sp³-hybridized carbons (Fsp3) is 0.260. The molecule has 0 aliphatic heterocycles. The first-order valence-corrected chi connectivity index (χ1v) is 32.4. The number of fused-ring (bicyclic) bond motifs is 3. The van der Waals surface area contributed by atoms with Gasteiger partial charge in [-0.15, -0.1) is 0 Å². The molecule has 0 bridgehead atoms. The summed E-state index contributed by atoms with van der Waals surface area (Å²) in [5.74, 6) is 2.38. The quantitative estimate of drug-likeness (QED) is 0.0313. The van der Waals surface area contributed by atoms with Crippen molar-refractivity contribution in [2.24, 2.45) is 0 Å². The van der Waals surface area contributed by atoms with Gasteiger partial charge in [-0.2, -0.15) is 0 Å². The highest BCUT2D eigenvalue weighted by Gasteiger charge is 2.21. The maximum Gasteiger partial charge on any atom is 0.413 e. The third kappa shape index (κ3) is 18.4. The van der Waals surface area contributed by atoms with E-state index >= 15 is 0 Å². The molecule has 4 amide bonds. The Morgan fingerprint density at radius 3 is 1.41 bits per heavy atom. The molecule has 100 heavy (non-hydrogen) atoms. The van der Waals surface area contributed by atoms with Crippen LogP contribution in [0.5, 0.6) is 11.5 Å². The van der Waals surface area contributed by atoms with Gasteiger partial charge >= 0.3 is 18.2 Å². The second-order valence-electron chi connectivity index (χ2n) is 23.3. The summed E-state index contributed by atoms with van der Waals surface area (Å²) >= 11 is 0. The largest absolute Gasteiger partial charge is 0.492 e. The summed E-state index contributed by atoms with van der Waals surface area (Å²) in [4.78, 5) is 98.2. The molecule has 516 valence electrons. The summed E-state index contributed by atoms with van der Waals surface area (Å²) in [6.07, 6.45) is 11.1. The number of carbonyl (C=O) groups is 3. The molecule has 3 aromatic carbocycles. The van der Waals surface area contributed by atoms with Gasteiger partial charge in [0.2, 0.25) is 17.8 Å². The van der Waals surface area contributed by atoms with E-state index in [-0.39, 0.29) is 36.8 Å². The predicted octanol–water partition coefficient (Wildman–Crippen LogP) is 12.5. The summed E-state index contributed by atoms with van der Waals surface area (Å²) in [5.41, 5.74) is 15.0. The number of nitrogens with one attached hydrogen (secondary N) is 7. The molecular formula is C73H80N18O9. The Balaban J connectivity index is 0.000000162. The van der Waals surface area contributed by atoms with Gasteiger partial charge in [0, 0.05) is 122 Å². The second-order valence-corrected chi connectivity index (χ2v) is 23.3. The number of aryl methyl sites for hydroxylation is 1. The number of pyridine rings is 6. The summed E-state index contributed by atoms with van der Waals surface area (Å²) in [6, 6.07) is 35.9. The van der Waals surface area contributed by atoms with Crippen molar-refractivity contribution < 1.29 is 38.1 Å². The van der Waals surface area contributed by atoms with Crippen LogP contribution in [0.25, 0.3) is 100 Å². The molecule has 27 nitrogen and oxygen atoms in total. The smallest absolute Gasteiger partial charge is 0.413 e. The molecular weight excluding hydrogens is 1270 g/mol. The first kappa shape index (κ1) is 70.8. The van der Waals surface area contributed by atoms with E-state index in [9.17, 15) is 19.2 Å². The number of benzene rings is 3. The zero-order valence-electron chi connectivity index (χ0n) is 57.3. The van der Waals surface area contributed by atoms with Gasteiger partial charge in [0.05, 0.1) is 76.0 Å². The van der Waals surface area contributed by atoms with E-state index in [1.54, 1.807) is 68.8 Å². The van der Waals surface area contributed by atoms with Crippen LogP contribution in [0.2, 0.25) is 0 Å². The van der Waals surface area contributed by atoms with E-state index in [1.807, 2.05) is 164 Å². The monoisotopic (exact) mass is 1350 g/mol. The van der Waals surface area contributed by atoms with Gasteiger partial charge in [-0.3, -0.25) is 45.7 Å². The lowest BCUT2D eigenvalue weighted by atomic mass is 9.99. The van der Waals surface area contributed by atoms with Crippen LogP contribution in [0.3, 0.4) is 0 Å². The van der Waals surface area contributed by atoms with Crippen LogP contribution < -0.4 is 36.3 Å². The van der Waals surface area contributed by atoms with Crippen molar-refractivity contribution in [1.29, 1.82) is 0 Å². The highest BCUT2D eigenvalue weighted by molar-refractivity contribution is 6.00. The zero-order chi connectivity index (χ0) is 70.7. The average Bonchev–Trinajstić information content (AvgIpc) is 1.56. The summed E-state index contributed by atoms with van der Waals surface area (Å²) in [7, 11) is 9.63. The van der Waals surface area contributed by atoms with Crippen molar-refractivity contribution in [2.75, 3.05) is 104 Å². The van der Waals surface area contributed by atoms with Crippen LogP contribution in [0, 0.1) is 6.92 Å². The minimum atomic E-state index is -0.592. The van der Waals surface area contributed by atoms with Crippen LogP contribution in [0.1, 0.15) is 39.4 Å². The topological polar surface area (TPSA) is 324 Å². The highest BCUT2D eigenvalue weighted by atomic mass is 16.6. The van der Waals surface area contributed by atoms with Crippen molar-refractivity contribution in [3.8, 4) is 78.7 Å². The van der Waals surface area contributed by atoms with Crippen molar-refractivity contribution >= 4 is 69.2 Å². The Morgan fingerprint density at radius 2 is 0.990 bits per heavy atom. The number of ether oxygens (including phenoxy) is 5. The molecule has 0 radical (unpaired) electrons. The van der Waals surface area contributed by atoms with Crippen molar-refractivity contribution in [2.45, 2.75) is 40.7 Å². The molecule has 12 rings (SSSR count). The number of methoxy groups -OCH3 is 1. The number of hydrogen-bond donors (Lipinski definition) is 7. The molecule has 9 aromatic heterocycles. The van der Waals surface area contributed by atoms with Gasteiger partial charge in [-0.05, 0) is 164 Å². The third-order valence-corrected chi connectivity index (χ3v) is 15.3. The SMILES string of the molecule is CCNC(=O)Nc1nc2c(-c3cc(OCCN(C)C)ccn3)cc(-c3cccnc3)cc2[nH]1.CCOC(=O)Nc1nc2c(-c3cc(OCCN(C)C)ccn3)cc(-c3cccnc3)cc2[nH]1.CCOC(=O)Nc1nc2c(-c3ccccn3)cc(-c3cc(C)n([C@@H](C)COC)c(=O)c3)cc2[nH]1. The fourth-order valence-corrected chi connectivity index (χ4v) is 10.8. The summed E-state index contributed by atoms with van der Waals surface area (Å²) < 4.78 is 28.7. The molecule has 0 spiro atoms. The molecule has 27 heteroatoms. The third-order valence-electron chi connectivity index (χ3n) is 15.3. The van der Waals surface area contributed by atoms with Crippen LogP contribution in [-0.4, -0.2) is 175 Å². The maximum atomic E-state index is 13.0. The van der Waals surface area contributed by atoms with Gasteiger partial charge in [0.1, 0.15) is 24.7 Å².